The van der Waals surface area contributed by atoms with Gasteiger partial charge in [-0.05, 0) is 37.8 Å². The van der Waals surface area contributed by atoms with Crippen LogP contribution in [0.1, 0.15) is 44.6 Å². The van der Waals surface area contributed by atoms with Crippen LogP contribution >= 0.6 is 11.6 Å². The van der Waals surface area contributed by atoms with Crippen LogP contribution in [0.2, 0.25) is 0 Å². The average Bonchev–Trinajstić information content (AvgIpc) is 2.57. The second-order valence-electron chi connectivity index (χ2n) is 5.87. The SMILES string of the molecule is CCCOc1c(C)cc(OCCCCCCCl)c2ccccc12. The first-order valence-corrected chi connectivity index (χ1v) is 9.15. The van der Waals surface area contributed by atoms with E-state index in [1.165, 1.54) is 12.8 Å². The van der Waals surface area contributed by atoms with Gasteiger partial charge in [0.1, 0.15) is 11.5 Å². The minimum absolute atomic E-state index is 0.742. The summed E-state index contributed by atoms with van der Waals surface area (Å²) in [6.07, 6.45) is 5.51. The Morgan fingerprint density at radius 2 is 1.65 bits per heavy atom. The van der Waals surface area contributed by atoms with Gasteiger partial charge in [-0.1, -0.05) is 44.0 Å². The number of benzene rings is 2. The zero-order chi connectivity index (χ0) is 16.5. The predicted octanol–water partition coefficient (Wildman–Crippen LogP) is 6.12. The van der Waals surface area contributed by atoms with E-state index in [2.05, 4.69) is 44.2 Å². The summed E-state index contributed by atoms with van der Waals surface area (Å²) in [7, 11) is 0. The first kappa shape index (κ1) is 17.9. The quantitative estimate of drug-likeness (QED) is 0.385. The largest absolute Gasteiger partial charge is 0.493 e. The van der Waals surface area contributed by atoms with E-state index in [-0.39, 0.29) is 0 Å². The Labute approximate surface area is 144 Å². The van der Waals surface area contributed by atoms with Crippen LogP contribution in [0.25, 0.3) is 10.8 Å². The number of rotatable bonds is 10. The molecule has 0 bridgehead atoms. The van der Waals surface area contributed by atoms with Gasteiger partial charge >= 0.3 is 0 Å². The lowest BCUT2D eigenvalue weighted by molar-refractivity contribution is 0.305. The van der Waals surface area contributed by atoms with Crippen molar-refractivity contribution in [1.29, 1.82) is 0 Å². The van der Waals surface area contributed by atoms with Crippen LogP contribution in [0.3, 0.4) is 0 Å². The molecule has 2 nitrogen and oxygen atoms in total. The minimum atomic E-state index is 0.742. The van der Waals surface area contributed by atoms with E-state index in [0.29, 0.717) is 0 Å². The van der Waals surface area contributed by atoms with Gasteiger partial charge in [0, 0.05) is 16.7 Å². The fourth-order valence-electron chi connectivity index (χ4n) is 2.70. The fourth-order valence-corrected chi connectivity index (χ4v) is 2.88. The van der Waals surface area contributed by atoms with E-state index in [0.717, 1.165) is 66.2 Å². The molecule has 0 aromatic heterocycles. The van der Waals surface area contributed by atoms with Crippen LogP contribution in [0.15, 0.2) is 30.3 Å². The van der Waals surface area contributed by atoms with E-state index >= 15 is 0 Å². The van der Waals surface area contributed by atoms with Crippen LogP contribution in [0, 0.1) is 6.92 Å². The Hall–Kier alpha value is -1.41. The fraction of sp³-hybridized carbons (Fsp3) is 0.500. The molecular weight excluding hydrogens is 308 g/mol. The molecule has 2 rings (SSSR count). The van der Waals surface area contributed by atoms with E-state index < -0.39 is 0 Å². The average molecular weight is 335 g/mol. The number of halogens is 1. The first-order chi connectivity index (χ1) is 11.3. The highest BCUT2D eigenvalue weighted by molar-refractivity contribution is 6.17. The minimum Gasteiger partial charge on any atom is -0.493 e. The molecule has 2 aromatic rings. The maximum absolute atomic E-state index is 6.05. The number of fused-ring (bicyclic) bond motifs is 1. The summed E-state index contributed by atoms with van der Waals surface area (Å²) in [5, 5.41) is 2.27. The lowest BCUT2D eigenvalue weighted by atomic mass is 10.0. The van der Waals surface area contributed by atoms with Crippen LogP contribution in [-0.2, 0) is 0 Å². The van der Waals surface area contributed by atoms with E-state index in [4.69, 9.17) is 21.1 Å². The smallest absolute Gasteiger partial charge is 0.130 e. The monoisotopic (exact) mass is 334 g/mol. The summed E-state index contributed by atoms with van der Waals surface area (Å²) in [5.74, 6) is 2.69. The number of hydrogen-bond acceptors (Lipinski definition) is 2. The molecule has 126 valence electrons. The summed E-state index contributed by atoms with van der Waals surface area (Å²) in [6.45, 7) is 5.70. The van der Waals surface area contributed by atoms with Crippen molar-refractivity contribution in [3.05, 3.63) is 35.9 Å². The van der Waals surface area contributed by atoms with E-state index in [1.807, 2.05) is 0 Å². The maximum Gasteiger partial charge on any atom is 0.130 e. The van der Waals surface area contributed by atoms with Gasteiger partial charge in [0.2, 0.25) is 0 Å². The van der Waals surface area contributed by atoms with Gasteiger partial charge in [0.05, 0.1) is 13.2 Å². The van der Waals surface area contributed by atoms with Crippen molar-refractivity contribution >= 4 is 22.4 Å². The molecule has 0 aliphatic rings. The molecule has 0 aliphatic heterocycles. The molecule has 0 fully saturated rings. The molecule has 0 spiro atoms. The highest BCUT2D eigenvalue weighted by Crippen LogP contribution is 2.36. The molecule has 0 unspecified atom stereocenters. The van der Waals surface area contributed by atoms with E-state index in [1.54, 1.807) is 0 Å². The normalized spacial score (nSPS) is 10.9. The molecule has 23 heavy (non-hydrogen) atoms. The molecule has 0 saturated heterocycles. The maximum atomic E-state index is 6.05. The van der Waals surface area contributed by atoms with Crippen molar-refractivity contribution in [2.45, 2.75) is 46.0 Å². The third kappa shape index (κ3) is 5.04. The van der Waals surface area contributed by atoms with Crippen molar-refractivity contribution in [1.82, 2.24) is 0 Å². The molecule has 2 aromatic carbocycles. The summed E-state index contributed by atoms with van der Waals surface area (Å²) in [5.41, 5.74) is 1.13. The Morgan fingerprint density at radius 1 is 0.913 bits per heavy atom. The molecule has 0 N–H and O–H groups in total. The van der Waals surface area contributed by atoms with Gasteiger partial charge in [-0.15, -0.1) is 11.6 Å². The van der Waals surface area contributed by atoms with Crippen molar-refractivity contribution in [3.8, 4) is 11.5 Å². The summed E-state index contributed by atoms with van der Waals surface area (Å²) < 4.78 is 12.0. The number of aryl methyl sites for hydroxylation is 1. The first-order valence-electron chi connectivity index (χ1n) is 8.61. The lowest BCUT2D eigenvalue weighted by Crippen LogP contribution is -2.01. The van der Waals surface area contributed by atoms with Crippen LogP contribution < -0.4 is 9.47 Å². The lowest BCUT2D eigenvalue weighted by Gasteiger charge is -2.16. The van der Waals surface area contributed by atoms with Crippen molar-refractivity contribution in [3.63, 3.8) is 0 Å². The zero-order valence-electron chi connectivity index (χ0n) is 14.2. The molecule has 3 heteroatoms. The Kier molecular flexibility index (Phi) is 7.54. The number of unbranched alkanes of at least 4 members (excludes halogenated alkanes) is 3. The third-order valence-corrected chi connectivity index (χ3v) is 4.15. The van der Waals surface area contributed by atoms with Gasteiger partial charge in [-0.2, -0.15) is 0 Å². The number of ether oxygens (including phenoxy) is 2. The van der Waals surface area contributed by atoms with Crippen LogP contribution in [0.4, 0.5) is 0 Å². The number of hydrogen-bond donors (Lipinski definition) is 0. The van der Waals surface area contributed by atoms with Crippen molar-refractivity contribution < 1.29 is 9.47 Å². The predicted molar refractivity (Wildman–Crippen MR) is 99.2 cm³/mol. The second-order valence-corrected chi connectivity index (χ2v) is 6.24. The van der Waals surface area contributed by atoms with Gasteiger partial charge < -0.3 is 9.47 Å². The van der Waals surface area contributed by atoms with Gasteiger partial charge in [-0.25, -0.2) is 0 Å². The molecule has 0 amide bonds. The Balaban J connectivity index is 2.11. The second kappa shape index (κ2) is 9.67. The van der Waals surface area contributed by atoms with Gasteiger partial charge in [0.15, 0.2) is 0 Å². The molecule has 0 atom stereocenters. The van der Waals surface area contributed by atoms with Crippen LogP contribution in [0.5, 0.6) is 11.5 Å². The number of alkyl halides is 1. The summed E-state index contributed by atoms with van der Waals surface area (Å²) in [4.78, 5) is 0. The third-order valence-electron chi connectivity index (χ3n) is 3.88. The van der Waals surface area contributed by atoms with Crippen molar-refractivity contribution in [2.24, 2.45) is 0 Å². The van der Waals surface area contributed by atoms with Gasteiger partial charge in [-0.3, -0.25) is 0 Å². The van der Waals surface area contributed by atoms with Gasteiger partial charge in [0.25, 0.3) is 0 Å². The summed E-state index contributed by atoms with van der Waals surface area (Å²) >= 11 is 5.70. The van der Waals surface area contributed by atoms with E-state index in [9.17, 15) is 0 Å². The zero-order valence-corrected chi connectivity index (χ0v) is 15.0. The molecule has 0 aliphatic carbocycles. The summed E-state index contributed by atoms with van der Waals surface area (Å²) in [6, 6.07) is 10.4. The molecule has 0 radical (unpaired) electrons. The Bertz CT molecular complexity index is 610. The highest BCUT2D eigenvalue weighted by Gasteiger charge is 2.11. The Morgan fingerprint density at radius 3 is 2.39 bits per heavy atom. The van der Waals surface area contributed by atoms with Crippen molar-refractivity contribution in [2.75, 3.05) is 19.1 Å². The topological polar surface area (TPSA) is 18.5 Å². The highest BCUT2D eigenvalue weighted by atomic mass is 35.5. The van der Waals surface area contributed by atoms with Crippen LogP contribution in [-0.4, -0.2) is 19.1 Å². The molecular formula is C20H27ClO2. The molecule has 0 heterocycles. The molecule has 0 saturated carbocycles. The standard InChI is InChI=1S/C20H27ClO2/c1-3-13-23-20-16(2)15-19(17-10-6-7-11-18(17)20)22-14-9-5-4-8-12-21/h6-7,10-11,15H,3-5,8-9,12-14H2,1-2H3.